The monoisotopic (exact) mass is 274 g/mol. The number of likely N-dealkylation sites (tertiary alicyclic amines) is 1. The molecule has 18 heavy (non-hydrogen) atoms. The second-order valence-corrected chi connectivity index (χ2v) is 7.78. The van der Waals surface area contributed by atoms with Crippen molar-refractivity contribution in [3.63, 3.8) is 0 Å². The van der Waals surface area contributed by atoms with Gasteiger partial charge in [-0.05, 0) is 32.9 Å². The standard InChI is InChI=1S/C12H26N2O3Si/c1-14-9-5-7-12(11-14)13-8-6-10-18(15-2,16-3)17-4/h5-11H2,1-4H3. The minimum atomic E-state index is -2.40. The molecule has 0 aromatic rings. The van der Waals surface area contributed by atoms with Crippen LogP contribution in [0.15, 0.2) is 4.99 Å². The average Bonchev–Trinajstić information content (AvgIpc) is 2.40. The predicted octanol–water partition coefficient (Wildman–Crippen LogP) is 1.42. The van der Waals surface area contributed by atoms with Crippen LogP contribution in [0.5, 0.6) is 0 Å². The SMILES string of the molecule is CO[Si](CCCN=C1CCCN(C)C1)(OC)OC. The third-order valence-electron chi connectivity index (χ3n) is 3.37. The van der Waals surface area contributed by atoms with Gasteiger partial charge >= 0.3 is 8.80 Å². The summed E-state index contributed by atoms with van der Waals surface area (Å²) in [6.07, 6.45) is 3.32. The van der Waals surface area contributed by atoms with Crippen LogP contribution in [0, 0.1) is 0 Å². The van der Waals surface area contributed by atoms with E-state index < -0.39 is 8.80 Å². The number of hydrogen-bond donors (Lipinski definition) is 0. The topological polar surface area (TPSA) is 43.3 Å². The number of rotatable bonds is 7. The fraction of sp³-hybridized carbons (Fsp3) is 0.917. The molecule has 1 aliphatic heterocycles. The molecule has 5 nitrogen and oxygen atoms in total. The van der Waals surface area contributed by atoms with Crippen LogP contribution in [0.25, 0.3) is 0 Å². The first-order chi connectivity index (χ1) is 8.65. The first kappa shape index (κ1) is 15.8. The molecule has 1 aliphatic rings. The summed E-state index contributed by atoms with van der Waals surface area (Å²) >= 11 is 0. The minimum absolute atomic E-state index is 0.823. The van der Waals surface area contributed by atoms with Crippen LogP contribution in [0.1, 0.15) is 19.3 Å². The van der Waals surface area contributed by atoms with E-state index in [2.05, 4.69) is 16.9 Å². The molecule has 0 aliphatic carbocycles. The molecule has 0 unspecified atom stereocenters. The maximum absolute atomic E-state index is 5.38. The van der Waals surface area contributed by atoms with E-state index in [1.165, 1.54) is 18.7 Å². The maximum Gasteiger partial charge on any atom is 0.500 e. The van der Waals surface area contributed by atoms with Gasteiger partial charge in [-0.1, -0.05) is 0 Å². The van der Waals surface area contributed by atoms with Gasteiger partial charge in [-0.3, -0.25) is 4.99 Å². The van der Waals surface area contributed by atoms with Crippen molar-refractivity contribution in [2.45, 2.75) is 25.3 Å². The lowest BCUT2D eigenvalue weighted by molar-refractivity contribution is 0.123. The summed E-state index contributed by atoms with van der Waals surface area (Å²) in [7, 11) is 4.71. The van der Waals surface area contributed by atoms with Crippen molar-refractivity contribution in [3.8, 4) is 0 Å². The fourth-order valence-corrected chi connectivity index (χ4v) is 3.94. The van der Waals surface area contributed by atoms with Crippen LogP contribution in [-0.4, -0.2) is 67.4 Å². The number of aliphatic imine (C=N–C) groups is 1. The molecule has 0 N–H and O–H groups in total. The third-order valence-corrected chi connectivity index (χ3v) is 6.20. The lowest BCUT2D eigenvalue weighted by atomic mass is 10.1. The summed E-state index contributed by atoms with van der Waals surface area (Å²) in [5, 5.41) is 0. The van der Waals surface area contributed by atoms with Gasteiger partial charge in [0.05, 0.1) is 0 Å². The first-order valence-electron chi connectivity index (χ1n) is 6.52. The molecule has 0 atom stereocenters. The van der Waals surface area contributed by atoms with E-state index >= 15 is 0 Å². The zero-order valence-corrected chi connectivity index (χ0v) is 13.1. The Kier molecular flexibility index (Phi) is 7.02. The van der Waals surface area contributed by atoms with Crippen molar-refractivity contribution >= 4 is 14.5 Å². The second-order valence-electron chi connectivity index (χ2n) is 4.69. The van der Waals surface area contributed by atoms with E-state index in [1.807, 2.05) is 0 Å². The van der Waals surface area contributed by atoms with Crippen LogP contribution >= 0.6 is 0 Å². The summed E-state index contributed by atoms with van der Waals surface area (Å²) in [4.78, 5) is 6.99. The highest BCUT2D eigenvalue weighted by Crippen LogP contribution is 2.15. The molecular formula is C12H26N2O3Si. The molecule has 0 spiro atoms. The van der Waals surface area contributed by atoms with Crippen molar-refractivity contribution in [2.75, 3.05) is 48.0 Å². The quantitative estimate of drug-likeness (QED) is 0.520. The van der Waals surface area contributed by atoms with Gasteiger partial charge in [-0.2, -0.15) is 0 Å². The van der Waals surface area contributed by atoms with E-state index in [0.717, 1.165) is 32.0 Å². The Morgan fingerprint density at radius 2 is 1.89 bits per heavy atom. The van der Waals surface area contributed by atoms with Crippen LogP contribution in [-0.2, 0) is 13.3 Å². The van der Waals surface area contributed by atoms with Crippen LogP contribution < -0.4 is 0 Å². The molecule has 106 valence electrons. The van der Waals surface area contributed by atoms with E-state index in [4.69, 9.17) is 13.3 Å². The summed E-state index contributed by atoms with van der Waals surface area (Å²) in [6, 6.07) is 0.823. The molecule has 1 fully saturated rings. The van der Waals surface area contributed by atoms with Crippen LogP contribution in [0.3, 0.4) is 0 Å². The Balaban J connectivity index is 2.30. The Morgan fingerprint density at radius 1 is 1.22 bits per heavy atom. The average molecular weight is 274 g/mol. The summed E-state index contributed by atoms with van der Waals surface area (Å²) < 4.78 is 16.1. The highest BCUT2D eigenvalue weighted by Gasteiger charge is 2.36. The number of piperidine rings is 1. The third kappa shape index (κ3) is 4.77. The largest absolute Gasteiger partial charge is 0.500 e. The molecule has 0 aromatic carbocycles. The van der Waals surface area contributed by atoms with Crippen molar-refractivity contribution in [2.24, 2.45) is 4.99 Å². The van der Waals surface area contributed by atoms with Gasteiger partial charge < -0.3 is 18.2 Å². The number of nitrogens with zero attached hydrogens (tertiary/aromatic N) is 2. The lowest BCUT2D eigenvalue weighted by Gasteiger charge is -2.25. The molecule has 1 saturated heterocycles. The van der Waals surface area contributed by atoms with Gasteiger partial charge in [0.15, 0.2) is 0 Å². The molecule has 1 rings (SSSR count). The van der Waals surface area contributed by atoms with Crippen molar-refractivity contribution < 1.29 is 13.3 Å². The molecule has 6 heteroatoms. The molecule has 1 heterocycles. The maximum atomic E-state index is 5.38. The van der Waals surface area contributed by atoms with Gasteiger partial charge in [0.25, 0.3) is 0 Å². The van der Waals surface area contributed by atoms with Crippen molar-refractivity contribution in [1.82, 2.24) is 4.90 Å². The van der Waals surface area contributed by atoms with E-state index in [9.17, 15) is 0 Å². The van der Waals surface area contributed by atoms with Gasteiger partial charge in [0, 0.05) is 46.2 Å². The Hall–Kier alpha value is -0.273. The number of hydrogen-bond acceptors (Lipinski definition) is 5. The van der Waals surface area contributed by atoms with Gasteiger partial charge in [-0.15, -0.1) is 0 Å². The summed E-state index contributed by atoms with van der Waals surface area (Å²) in [6.45, 7) is 3.04. The first-order valence-corrected chi connectivity index (χ1v) is 8.45. The Labute approximate surface area is 111 Å². The van der Waals surface area contributed by atoms with Crippen molar-refractivity contribution in [3.05, 3.63) is 0 Å². The molecule has 0 bridgehead atoms. The van der Waals surface area contributed by atoms with E-state index in [1.54, 1.807) is 21.3 Å². The van der Waals surface area contributed by atoms with Gasteiger partial charge in [0.1, 0.15) is 0 Å². The molecular weight excluding hydrogens is 248 g/mol. The second kappa shape index (κ2) is 8.01. The van der Waals surface area contributed by atoms with Crippen molar-refractivity contribution in [1.29, 1.82) is 0 Å². The lowest BCUT2D eigenvalue weighted by Crippen LogP contribution is -2.42. The normalized spacial score (nSPS) is 20.6. The van der Waals surface area contributed by atoms with E-state index in [0.29, 0.717) is 0 Å². The van der Waals surface area contributed by atoms with Crippen LogP contribution in [0.2, 0.25) is 6.04 Å². The van der Waals surface area contributed by atoms with Crippen LogP contribution in [0.4, 0.5) is 0 Å². The minimum Gasteiger partial charge on any atom is -0.377 e. The summed E-state index contributed by atoms with van der Waals surface area (Å²) in [5.74, 6) is 0. The highest BCUT2D eigenvalue weighted by molar-refractivity contribution is 6.60. The zero-order chi connectivity index (χ0) is 13.4. The molecule has 0 saturated carbocycles. The highest BCUT2D eigenvalue weighted by atomic mass is 28.4. The summed E-state index contributed by atoms with van der Waals surface area (Å²) in [5.41, 5.74) is 1.32. The molecule has 0 amide bonds. The molecule has 0 aromatic heterocycles. The smallest absolute Gasteiger partial charge is 0.377 e. The van der Waals surface area contributed by atoms with Gasteiger partial charge in [0.2, 0.25) is 0 Å². The zero-order valence-electron chi connectivity index (χ0n) is 12.1. The molecule has 0 radical (unpaired) electrons. The Bertz CT molecular complexity index is 262. The van der Waals surface area contributed by atoms with Gasteiger partial charge in [-0.25, -0.2) is 0 Å². The fourth-order valence-electron chi connectivity index (χ4n) is 2.24. The predicted molar refractivity (Wildman–Crippen MR) is 75.2 cm³/mol. The van der Waals surface area contributed by atoms with E-state index in [-0.39, 0.29) is 0 Å². The Morgan fingerprint density at radius 3 is 2.44 bits per heavy atom.